The standard InChI is InChI=1S/C17H16BrN3S2.C9H5BrN2S.C8H13NO/c18-9-1-4-13-12(7-9)20-17(23-13)15-11-5-6-21(10-2-3-10)8-14(11)22-16(15)19;10-6-1-2-8-7(5-6)12-9(13-8)3-4-11;10-8-3-5-9(6-4-8)7-1-2-7/h1,4,7,10H,2-3,5-6,8,19H2;1-2,5H,3H2;7H,1-6H2. The van der Waals surface area contributed by atoms with Crippen LogP contribution in [0.25, 0.3) is 31.0 Å². The van der Waals surface area contributed by atoms with Gasteiger partial charge in [0.15, 0.2) is 0 Å². The summed E-state index contributed by atoms with van der Waals surface area (Å²) in [5.41, 5.74) is 11.1. The summed E-state index contributed by atoms with van der Waals surface area (Å²) in [6, 6.07) is 16.0. The van der Waals surface area contributed by atoms with E-state index in [1.165, 1.54) is 46.4 Å². The van der Waals surface area contributed by atoms with E-state index in [9.17, 15) is 4.79 Å². The van der Waals surface area contributed by atoms with Gasteiger partial charge in [-0.05, 0) is 74.1 Å². The molecule has 3 fully saturated rings. The van der Waals surface area contributed by atoms with Crippen LogP contribution < -0.4 is 5.73 Å². The number of carbonyl (C=O) groups is 1. The minimum Gasteiger partial charge on any atom is -0.390 e. The molecule has 0 amide bonds. The number of Topliss-reactive ketones (excluding diaryl/α,β-unsaturated/α-hetero) is 1. The highest BCUT2D eigenvalue weighted by Crippen LogP contribution is 2.45. The summed E-state index contributed by atoms with van der Waals surface area (Å²) < 4.78 is 4.45. The molecule has 2 N–H and O–H groups in total. The van der Waals surface area contributed by atoms with Gasteiger partial charge in [-0.1, -0.05) is 31.9 Å². The van der Waals surface area contributed by atoms with Gasteiger partial charge in [0.2, 0.25) is 0 Å². The van der Waals surface area contributed by atoms with Gasteiger partial charge in [-0.3, -0.25) is 14.6 Å². The van der Waals surface area contributed by atoms with Crippen LogP contribution in [0.15, 0.2) is 45.3 Å². The SMILES string of the molecule is N#CCc1nc2cc(Br)ccc2s1.Nc1sc2c(c1-c1nc3cc(Br)ccc3s1)CCN(C1CC1)C2.O=C1CCN(C2CC2)CC1. The Morgan fingerprint density at radius 2 is 1.46 bits per heavy atom. The fraction of sp³-hybridized carbons (Fsp3) is 0.412. The van der Waals surface area contributed by atoms with Crippen LogP contribution in [-0.2, 0) is 24.2 Å². The van der Waals surface area contributed by atoms with Gasteiger partial charge >= 0.3 is 0 Å². The number of carbonyl (C=O) groups excluding carboxylic acids is 1. The Morgan fingerprint density at radius 3 is 2.11 bits per heavy atom. The number of anilines is 1. The van der Waals surface area contributed by atoms with E-state index in [1.807, 2.05) is 18.2 Å². The molecule has 2 aromatic carbocycles. The largest absolute Gasteiger partial charge is 0.390 e. The quantitative estimate of drug-likeness (QED) is 0.194. The number of nitrogens with two attached hydrogens (primary N) is 1. The molecule has 4 aliphatic rings. The molecule has 46 heavy (non-hydrogen) atoms. The molecule has 7 nitrogen and oxygen atoms in total. The Balaban J connectivity index is 0.000000124. The predicted octanol–water partition coefficient (Wildman–Crippen LogP) is 8.83. The third-order valence-corrected chi connectivity index (χ3v) is 12.9. The highest BCUT2D eigenvalue weighted by atomic mass is 79.9. The number of likely N-dealkylation sites (tertiary alicyclic amines) is 1. The summed E-state index contributed by atoms with van der Waals surface area (Å²) in [5, 5.41) is 11.4. The number of rotatable bonds is 4. The van der Waals surface area contributed by atoms with E-state index in [-0.39, 0.29) is 0 Å². The number of thiazole rings is 2. The zero-order valence-electron chi connectivity index (χ0n) is 25.3. The maximum atomic E-state index is 10.8. The second kappa shape index (κ2) is 14.1. The van der Waals surface area contributed by atoms with Gasteiger partial charge in [-0.25, -0.2) is 9.97 Å². The fourth-order valence-electron chi connectivity index (χ4n) is 6.11. The molecule has 3 aromatic heterocycles. The molecule has 5 aromatic rings. The normalized spacial score (nSPS) is 18.4. The van der Waals surface area contributed by atoms with Crippen molar-refractivity contribution in [3.05, 3.63) is 60.8 Å². The lowest BCUT2D eigenvalue weighted by Crippen LogP contribution is -2.35. The van der Waals surface area contributed by atoms with E-state index in [2.05, 4.69) is 70.9 Å². The molecule has 12 heteroatoms. The van der Waals surface area contributed by atoms with Crippen LogP contribution in [0.5, 0.6) is 0 Å². The van der Waals surface area contributed by atoms with Crippen LogP contribution in [0, 0.1) is 11.3 Å². The van der Waals surface area contributed by atoms with E-state index in [0.29, 0.717) is 12.2 Å². The molecule has 0 atom stereocenters. The van der Waals surface area contributed by atoms with Gasteiger partial charge in [0.05, 0.1) is 37.9 Å². The number of ketones is 1. The van der Waals surface area contributed by atoms with Crippen LogP contribution in [-0.4, -0.2) is 57.3 Å². The Hall–Kier alpha value is -2.24. The van der Waals surface area contributed by atoms with Gasteiger partial charge in [0.1, 0.15) is 15.8 Å². The molecule has 238 valence electrons. The van der Waals surface area contributed by atoms with Crippen LogP contribution in [0.2, 0.25) is 0 Å². The van der Waals surface area contributed by atoms with Crippen LogP contribution in [0.4, 0.5) is 5.00 Å². The number of thiophene rings is 1. The van der Waals surface area contributed by atoms with Crippen molar-refractivity contribution in [1.29, 1.82) is 5.26 Å². The number of hydrogen-bond donors (Lipinski definition) is 1. The Bertz CT molecular complexity index is 1930. The molecule has 2 aliphatic heterocycles. The van der Waals surface area contributed by atoms with E-state index in [4.69, 9.17) is 16.0 Å². The highest BCUT2D eigenvalue weighted by molar-refractivity contribution is 9.10. The van der Waals surface area contributed by atoms with Gasteiger partial charge < -0.3 is 5.73 Å². The lowest BCUT2D eigenvalue weighted by atomic mass is 10.0. The van der Waals surface area contributed by atoms with E-state index >= 15 is 0 Å². The third-order valence-electron chi connectivity index (χ3n) is 8.78. The minimum absolute atomic E-state index is 0.400. The van der Waals surface area contributed by atoms with Crippen molar-refractivity contribution in [1.82, 2.24) is 19.8 Å². The molecule has 0 radical (unpaired) electrons. The zero-order valence-corrected chi connectivity index (χ0v) is 30.9. The molecule has 1 saturated heterocycles. The molecule has 0 bridgehead atoms. The molecule has 0 spiro atoms. The number of fused-ring (bicyclic) bond motifs is 3. The second-order valence-electron chi connectivity index (χ2n) is 12.2. The maximum absolute atomic E-state index is 10.8. The molecular weight excluding hydrogens is 764 g/mol. The number of aromatic nitrogens is 2. The average molecular weight is 799 g/mol. The first-order valence-electron chi connectivity index (χ1n) is 15.7. The number of nitrogens with zero attached hydrogens (tertiary/aromatic N) is 5. The summed E-state index contributed by atoms with van der Waals surface area (Å²) in [6.45, 7) is 4.30. The topological polar surface area (TPSA) is 99.1 Å². The van der Waals surface area contributed by atoms with Crippen molar-refractivity contribution in [2.45, 2.75) is 70.0 Å². The smallest absolute Gasteiger partial charge is 0.135 e. The number of nitrogen functional groups attached to an aromatic ring is 1. The number of halogens is 2. The van der Waals surface area contributed by atoms with Gasteiger partial charge in [-0.15, -0.1) is 34.0 Å². The average Bonchev–Trinajstić information content (AvgIpc) is 3.96. The highest BCUT2D eigenvalue weighted by Gasteiger charge is 2.34. The van der Waals surface area contributed by atoms with E-state index < -0.39 is 0 Å². The van der Waals surface area contributed by atoms with Gasteiger partial charge in [0, 0.05) is 70.5 Å². The Kier molecular flexibility index (Phi) is 9.89. The number of piperidine rings is 1. The van der Waals surface area contributed by atoms with Crippen molar-refractivity contribution >= 4 is 97.1 Å². The number of nitriles is 1. The molecule has 5 heterocycles. The van der Waals surface area contributed by atoms with Crippen LogP contribution in [0.1, 0.15) is 54.0 Å². The van der Waals surface area contributed by atoms with Crippen molar-refractivity contribution < 1.29 is 4.79 Å². The molecule has 2 saturated carbocycles. The zero-order chi connectivity index (χ0) is 31.8. The van der Waals surface area contributed by atoms with Crippen LogP contribution >= 0.6 is 65.9 Å². The Labute approximate surface area is 297 Å². The lowest BCUT2D eigenvalue weighted by Gasteiger charge is -2.26. The van der Waals surface area contributed by atoms with Crippen molar-refractivity contribution in [3.8, 4) is 16.6 Å². The first-order chi connectivity index (χ1) is 22.3. The minimum atomic E-state index is 0.400. The predicted molar refractivity (Wildman–Crippen MR) is 198 cm³/mol. The van der Waals surface area contributed by atoms with Crippen molar-refractivity contribution in [2.24, 2.45) is 0 Å². The number of benzene rings is 2. The lowest BCUT2D eigenvalue weighted by molar-refractivity contribution is -0.121. The molecular formula is C34H34Br2N6OS3. The third kappa shape index (κ3) is 7.57. The summed E-state index contributed by atoms with van der Waals surface area (Å²) in [5.74, 6) is 0.455. The van der Waals surface area contributed by atoms with Crippen LogP contribution in [0.3, 0.4) is 0 Å². The monoisotopic (exact) mass is 796 g/mol. The first-order valence-corrected chi connectivity index (χ1v) is 19.8. The van der Waals surface area contributed by atoms with E-state index in [1.54, 1.807) is 34.0 Å². The Morgan fingerprint density at radius 1 is 0.848 bits per heavy atom. The number of hydrogen-bond acceptors (Lipinski definition) is 10. The summed E-state index contributed by atoms with van der Waals surface area (Å²) >= 11 is 12.0. The van der Waals surface area contributed by atoms with Crippen molar-refractivity contribution in [3.63, 3.8) is 0 Å². The van der Waals surface area contributed by atoms with E-state index in [0.717, 1.165) is 97.2 Å². The van der Waals surface area contributed by atoms with Gasteiger partial charge in [-0.2, -0.15) is 5.26 Å². The maximum Gasteiger partial charge on any atom is 0.135 e. The molecule has 0 unspecified atom stereocenters. The summed E-state index contributed by atoms with van der Waals surface area (Å²) in [6.07, 6.45) is 8.59. The van der Waals surface area contributed by atoms with Crippen molar-refractivity contribution in [2.75, 3.05) is 25.4 Å². The first kappa shape index (κ1) is 32.3. The summed E-state index contributed by atoms with van der Waals surface area (Å²) in [4.78, 5) is 26.5. The fourth-order valence-corrected chi connectivity index (χ4v) is 9.93. The molecule has 9 rings (SSSR count). The summed E-state index contributed by atoms with van der Waals surface area (Å²) in [7, 11) is 0. The van der Waals surface area contributed by atoms with Gasteiger partial charge in [0.25, 0.3) is 0 Å². The molecule has 2 aliphatic carbocycles. The second-order valence-corrected chi connectivity index (χ2v) is 17.3.